The summed E-state index contributed by atoms with van der Waals surface area (Å²) in [5, 5.41) is 5.09. The normalized spacial score (nSPS) is 11.9. The molecule has 6 heteroatoms. The maximum Gasteiger partial charge on any atom is 3.00 e. The van der Waals surface area contributed by atoms with Gasteiger partial charge in [0.25, 0.3) is 0 Å². The van der Waals surface area contributed by atoms with Crippen LogP contribution in [-0.4, -0.2) is 17.2 Å². The van der Waals surface area contributed by atoms with Crippen LogP contribution < -0.4 is 9.80 Å². The van der Waals surface area contributed by atoms with Gasteiger partial charge in [-0.05, 0) is 42.9 Å². The maximum absolute atomic E-state index is 5.23. The SMILES string of the molecule is CN1[CH-]N(c2[c-]ccc(-c3ccncc3)c2)c2ccccc21.[Ir+3].[c-]1ccccc1-c1noc2ccccc12. The summed E-state index contributed by atoms with van der Waals surface area (Å²) in [4.78, 5) is 8.37. The van der Waals surface area contributed by atoms with Crippen molar-refractivity contribution in [3.63, 3.8) is 0 Å². The van der Waals surface area contributed by atoms with E-state index in [9.17, 15) is 0 Å². The third kappa shape index (κ3) is 5.10. The number of aromatic nitrogens is 2. The number of hydrogen-bond acceptors (Lipinski definition) is 5. The molecule has 0 radical (unpaired) electrons. The van der Waals surface area contributed by atoms with E-state index in [2.05, 4.69) is 82.2 Å². The van der Waals surface area contributed by atoms with Crippen LogP contribution in [0.25, 0.3) is 33.4 Å². The average molecular weight is 672 g/mol. The Hall–Kier alpha value is -4.25. The first kappa shape index (κ1) is 25.4. The zero-order valence-corrected chi connectivity index (χ0v) is 23.0. The smallest absolute Gasteiger partial charge is 0.504 e. The number of para-hydroxylation sites is 3. The molecule has 0 atom stereocenters. The molecule has 186 valence electrons. The van der Waals surface area contributed by atoms with Crippen molar-refractivity contribution in [2.24, 2.45) is 0 Å². The van der Waals surface area contributed by atoms with Gasteiger partial charge >= 0.3 is 20.1 Å². The van der Waals surface area contributed by atoms with Gasteiger partial charge in [-0.15, -0.1) is 58.4 Å². The molecule has 6 aromatic rings. The van der Waals surface area contributed by atoms with Gasteiger partial charge in [-0.3, -0.25) is 4.98 Å². The quantitative estimate of drug-likeness (QED) is 0.182. The number of pyridine rings is 1. The number of benzene rings is 4. The Morgan fingerprint density at radius 2 is 1.53 bits per heavy atom. The van der Waals surface area contributed by atoms with E-state index in [1.807, 2.05) is 79.1 Å². The third-order valence-corrected chi connectivity index (χ3v) is 6.21. The number of fused-ring (bicyclic) bond motifs is 2. The fourth-order valence-electron chi connectivity index (χ4n) is 4.39. The molecule has 38 heavy (non-hydrogen) atoms. The fourth-order valence-corrected chi connectivity index (χ4v) is 4.39. The van der Waals surface area contributed by atoms with Gasteiger partial charge in [-0.1, -0.05) is 30.3 Å². The largest absolute Gasteiger partial charge is 3.00 e. The Morgan fingerprint density at radius 1 is 0.763 bits per heavy atom. The van der Waals surface area contributed by atoms with Gasteiger partial charge in [0.1, 0.15) is 0 Å². The van der Waals surface area contributed by atoms with Crippen LogP contribution in [0.3, 0.4) is 0 Å². The van der Waals surface area contributed by atoms with Gasteiger partial charge in [-0.2, -0.15) is 24.9 Å². The molecule has 0 fully saturated rings. The van der Waals surface area contributed by atoms with Gasteiger partial charge in [0, 0.05) is 34.8 Å². The van der Waals surface area contributed by atoms with Crippen LogP contribution in [0.5, 0.6) is 0 Å². The molecule has 0 amide bonds. The maximum atomic E-state index is 5.23. The van der Waals surface area contributed by atoms with Crippen LogP contribution in [0.15, 0.2) is 120 Å². The Kier molecular flexibility index (Phi) is 7.64. The minimum atomic E-state index is 0. The van der Waals surface area contributed by atoms with E-state index in [1.54, 1.807) is 0 Å². The van der Waals surface area contributed by atoms with E-state index < -0.39 is 0 Å². The molecule has 0 saturated heterocycles. The molecule has 0 N–H and O–H groups in total. The van der Waals surface area contributed by atoms with Crippen molar-refractivity contribution in [2.45, 2.75) is 0 Å². The van der Waals surface area contributed by atoms with Crippen LogP contribution in [0, 0.1) is 18.8 Å². The van der Waals surface area contributed by atoms with Crippen LogP contribution in [-0.2, 0) is 20.1 Å². The Bertz CT molecular complexity index is 1640. The first-order chi connectivity index (χ1) is 18.3. The van der Waals surface area contributed by atoms with Crippen molar-refractivity contribution < 1.29 is 24.6 Å². The van der Waals surface area contributed by atoms with Crippen molar-refractivity contribution in [1.29, 1.82) is 0 Å². The standard InChI is InChI=1S/C19H15N3.C13H8NO.Ir/c1-21-14-22(19-8-3-2-7-18(19)21)17-6-4-5-16(13-17)15-9-11-20-12-10-15;1-2-6-10(7-3-1)13-11-8-4-5-9-12(11)15-14-13;/h2-5,7-14H,1H3;1-6,8-9H;/q-2;-1;+3. The van der Waals surface area contributed by atoms with Gasteiger partial charge in [0.2, 0.25) is 0 Å². The molecule has 7 rings (SSSR count). The summed E-state index contributed by atoms with van der Waals surface area (Å²) < 4.78 is 5.23. The molecule has 1 aliphatic rings. The Labute approximate surface area is 235 Å². The van der Waals surface area contributed by atoms with Gasteiger partial charge in [0.15, 0.2) is 5.58 Å². The van der Waals surface area contributed by atoms with Crippen LogP contribution in [0.2, 0.25) is 0 Å². The van der Waals surface area contributed by atoms with Crippen molar-refractivity contribution in [3.05, 3.63) is 134 Å². The molecule has 0 spiro atoms. The number of hydrogen-bond donors (Lipinski definition) is 0. The Morgan fingerprint density at radius 3 is 2.34 bits per heavy atom. The van der Waals surface area contributed by atoms with Crippen molar-refractivity contribution in [3.8, 4) is 22.4 Å². The second-order valence-corrected chi connectivity index (χ2v) is 8.59. The van der Waals surface area contributed by atoms with Crippen LogP contribution >= 0.6 is 0 Å². The van der Waals surface area contributed by atoms with Crippen LogP contribution in [0.4, 0.5) is 17.1 Å². The Balaban J connectivity index is 0.000000161. The molecular weight excluding hydrogens is 649 g/mol. The van der Waals surface area contributed by atoms with Crippen molar-refractivity contribution in [1.82, 2.24) is 10.1 Å². The molecule has 5 nitrogen and oxygen atoms in total. The minimum Gasteiger partial charge on any atom is -0.504 e. The number of nitrogens with zero attached hydrogens (tertiary/aromatic N) is 4. The molecule has 4 aromatic carbocycles. The molecule has 2 aromatic heterocycles. The number of rotatable bonds is 3. The van der Waals surface area contributed by atoms with E-state index >= 15 is 0 Å². The topological polar surface area (TPSA) is 45.4 Å². The first-order valence-electron chi connectivity index (χ1n) is 12.0. The van der Waals surface area contributed by atoms with E-state index in [1.165, 1.54) is 11.4 Å². The second-order valence-electron chi connectivity index (χ2n) is 8.59. The summed E-state index contributed by atoms with van der Waals surface area (Å²) in [6.45, 7) is 2.09. The monoisotopic (exact) mass is 672 g/mol. The van der Waals surface area contributed by atoms with Crippen molar-refractivity contribution in [2.75, 3.05) is 16.8 Å². The summed E-state index contributed by atoms with van der Waals surface area (Å²) in [5.41, 5.74) is 8.35. The van der Waals surface area contributed by atoms with Crippen molar-refractivity contribution >= 4 is 28.0 Å². The molecule has 3 heterocycles. The molecule has 0 unspecified atom stereocenters. The molecule has 1 aliphatic heterocycles. The summed E-state index contributed by atoms with van der Waals surface area (Å²) in [6.07, 6.45) is 3.63. The minimum absolute atomic E-state index is 0. The molecule has 0 saturated carbocycles. The van der Waals surface area contributed by atoms with Gasteiger partial charge in [-0.25, -0.2) is 0 Å². The van der Waals surface area contributed by atoms with Crippen LogP contribution in [0.1, 0.15) is 0 Å². The molecule has 0 bridgehead atoms. The molecular formula is C32H23IrN4O. The first-order valence-corrected chi connectivity index (χ1v) is 12.0. The number of anilines is 3. The van der Waals surface area contributed by atoms with Gasteiger partial charge in [0.05, 0.1) is 0 Å². The predicted molar refractivity (Wildman–Crippen MR) is 148 cm³/mol. The third-order valence-electron chi connectivity index (χ3n) is 6.21. The fraction of sp³-hybridized carbons (Fsp3) is 0.0312. The second kappa shape index (κ2) is 11.4. The summed E-state index contributed by atoms with van der Waals surface area (Å²) in [7, 11) is 2.06. The van der Waals surface area contributed by atoms with E-state index in [0.29, 0.717) is 0 Å². The average Bonchev–Trinajstić information content (AvgIpc) is 3.56. The van der Waals surface area contributed by atoms with E-state index in [-0.39, 0.29) is 20.1 Å². The summed E-state index contributed by atoms with van der Waals surface area (Å²) in [5.74, 6) is 0. The zero-order valence-electron chi connectivity index (χ0n) is 20.6. The predicted octanol–water partition coefficient (Wildman–Crippen LogP) is 7.55. The van der Waals surface area contributed by atoms with E-state index in [0.717, 1.165) is 39.0 Å². The van der Waals surface area contributed by atoms with Gasteiger partial charge < -0.3 is 14.3 Å². The molecule has 0 aliphatic carbocycles. The summed E-state index contributed by atoms with van der Waals surface area (Å²) in [6, 6.07) is 40.7. The zero-order chi connectivity index (χ0) is 25.0. The summed E-state index contributed by atoms with van der Waals surface area (Å²) >= 11 is 0. The van der Waals surface area contributed by atoms with E-state index in [4.69, 9.17) is 4.52 Å².